The van der Waals surface area contributed by atoms with E-state index in [1.54, 1.807) is 0 Å². The molecule has 1 aliphatic rings. The monoisotopic (exact) mass is 558 g/mol. The molecule has 0 saturated carbocycles. The number of carbonyl (C=O) groups excluding carboxylic acids is 2. The van der Waals surface area contributed by atoms with Crippen LogP contribution in [-0.2, 0) is 23.8 Å². The second-order valence-electron chi connectivity index (χ2n) is 10.2. The molecule has 0 fully saturated rings. The predicted molar refractivity (Wildman–Crippen MR) is 150 cm³/mol. The first-order valence-corrected chi connectivity index (χ1v) is 13.4. The summed E-state index contributed by atoms with van der Waals surface area (Å²) in [6.07, 6.45) is -1.65. The van der Waals surface area contributed by atoms with Gasteiger partial charge < -0.3 is 15.7 Å². The summed E-state index contributed by atoms with van der Waals surface area (Å²) in [5.41, 5.74) is 2.54. The van der Waals surface area contributed by atoms with E-state index in [9.17, 15) is 27.9 Å². The Bertz CT molecular complexity index is 1550. The number of phenolic OH excluding ortho intramolecular Hbond substituents is 1. The molecule has 4 aromatic carbocycles. The topological polar surface area (TPSA) is 78.4 Å². The van der Waals surface area contributed by atoms with Crippen LogP contribution in [0.1, 0.15) is 51.5 Å². The third-order valence-electron chi connectivity index (χ3n) is 7.35. The SMILES string of the molecule is O=C(N[C@@H](Cc1ccccc1)C(=O)NC1CCCc2ccccc21)c1ccc(O)c(-c2cccc(C(F)(F)F)c2)c1. The van der Waals surface area contributed by atoms with Crippen LogP contribution < -0.4 is 10.6 Å². The highest BCUT2D eigenvalue weighted by molar-refractivity contribution is 5.99. The summed E-state index contributed by atoms with van der Waals surface area (Å²) < 4.78 is 39.8. The van der Waals surface area contributed by atoms with Crippen molar-refractivity contribution in [2.45, 2.75) is 43.9 Å². The van der Waals surface area contributed by atoms with Gasteiger partial charge in [-0.05, 0) is 71.8 Å². The molecule has 0 spiro atoms. The van der Waals surface area contributed by atoms with Crippen LogP contribution in [-0.4, -0.2) is 23.0 Å². The Labute approximate surface area is 236 Å². The Hall–Kier alpha value is -4.59. The normalized spacial score (nSPS) is 15.4. The number of nitrogens with one attached hydrogen (secondary N) is 2. The van der Waals surface area contributed by atoms with Crippen LogP contribution in [0.3, 0.4) is 0 Å². The fourth-order valence-electron chi connectivity index (χ4n) is 5.25. The Morgan fingerprint density at radius 3 is 2.44 bits per heavy atom. The van der Waals surface area contributed by atoms with Gasteiger partial charge in [0.25, 0.3) is 5.91 Å². The maximum Gasteiger partial charge on any atom is 0.416 e. The maximum absolute atomic E-state index is 13.6. The second-order valence-corrected chi connectivity index (χ2v) is 10.2. The fraction of sp³-hybridized carbons (Fsp3) is 0.212. The van der Waals surface area contributed by atoms with Crippen LogP contribution in [0.25, 0.3) is 11.1 Å². The molecule has 2 atom stereocenters. The zero-order chi connectivity index (χ0) is 29.0. The number of aryl methyl sites for hydroxylation is 1. The van der Waals surface area contributed by atoms with Crippen molar-refractivity contribution in [1.82, 2.24) is 10.6 Å². The molecule has 8 heteroatoms. The standard InChI is InChI=1S/C33H29F3N2O3/c34-33(35,36)25-13-6-12-23(19-25)27-20-24(16-17-30(27)39)31(40)38-29(18-21-8-2-1-3-9-21)32(41)37-28-15-7-11-22-10-4-5-14-26(22)28/h1-6,8-10,12-14,16-17,19-20,28-29,39H,7,11,15,18H2,(H,37,41)(H,38,40)/t28?,29-/m0/s1. The molecule has 4 aromatic rings. The van der Waals surface area contributed by atoms with Gasteiger partial charge in [-0.3, -0.25) is 9.59 Å². The highest BCUT2D eigenvalue weighted by Gasteiger charge is 2.31. The quantitative estimate of drug-likeness (QED) is 0.239. The number of aromatic hydroxyl groups is 1. The summed E-state index contributed by atoms with van der Waals surface area (Å²) in [7, 11) is 0. The van der Waals surface area contributed by atoms with Gasteiger partial charge >= 0.3 is 6.18 Å². The Morgan fingerprint density at radius 1 is 0.902 bits per heavy atom. The van der Waals surface area contributed by atoms with Gasteiger partial charge in [-0.15, -0.1) is 0 Å². The van der Waals surface area contributed by atoms with E-state index in [0.29, 0.717) is 0 Å². The summed E-state index contributed by atoms with van der Waals surface area (Å²) >= 11 is 0. The van der Waals surface area contributed by atoms with Crippen LogP contribution in [0.5, 0.6) is 5.75 Å². The molecular weight excluding hydrogens is 529 g/mol. The van der Waals surface area contributed by atoms with Crippen molar-refractivity contribution in [2.75, 3.05) is 0 Å². The number of alkyl halides is 3. The van der Waals surface area contributed by atoms with Gasteiger partial charge in [-0.1, -0.05) is 66.7 Å². The molecule has 41 heavy (non-hydrogen) atoms. The molecule has 0 bridgehead atoms. The first kappa shape index (κ1) is 28.0. The van der Waals surface area contributed by atoms with Crippen molar-refractivity contribution >= 4 is 11.8 Å². The number of carbonyl (C=O) groups is 2. The van der Waals surface area contributed by atoms with Crippen molar-refractivity contribution in [3.05, 3.63) is 125 Å². The number of benzene rings is 4. The van der Waals surface area contributed by atoms with Gasteiger partial charge in [-0.25, -0.2) is 0 Å². The van der Waals surface area contributed by atoms with Crippen molar-refractivity contribution in [3.8, 4) is 16.9 Å². The van der Waals surface area contributed by atoms with Crippen LogP contribution >= 0.6 is 0 Å². The van der Waals surface area contributed by atoms with E-state index in [4.69, 9.17) is 0 Å². The molecule has 1 unspecified atom stereocenters. The van der Waals surface area contributed by atoms with E-state index >= 15 is 0 Å². The lowest BCUT2D eigenvalue weighted by Crippen LogP contribution is -2.49. The molecule has 0 saturated heterocycles. The van der Waals surface area contributed by atoms with Crippen LogP contribution in [0.4, 0.5) is 13.2 Å². The van der Waals surface area contributed by atoms with Gasteiger partial charge in [0.1, 0.15) is 11.8 Å². The molecule has 1 aliphatic carbocycles. The Morgan fingerprint density at radius 2 is 1.66 bits per heavy atom. The number of amides is 2. The first-order chi connectivity index (χ1) is 19.7. The Kier molecular flexibility index (Phi) is 8.10. The van der Waals surface area contributed by atoms with Crippen molar-refractivity contribution in [2.24, 2.45) is 0 Å². The number of phenols is 1. The predicted octanol–water partition coefficient (Wildman–Crippen LogP) is 6.61. The number of fused-ring (bicyclic) bond motifs is 1. The zero-order valence-corrected chi connectivity index (χ0v) is 22.1. The van der Waals surface area contributed by atoms with E-state index in [0.717, 1.165) is 42.5 Å². The highest BCUT2D eigenvalue weighted by atomic mass is 19.4. The van der Waals surface area contributed by atoms with E-state index in [1.165, 1.54) is 35.9 Å². The maximum atomic E-state index is 13.6. The van der Waals surface area contributed by atoms with Gasteiger partial charge in [0.2, 0.25) is 5.91 Å². The minimum absolute atomic E-state index is 0.0756. The summed E-state index contributed by atoms with van der Waals surface area (Å²) in [4.78, 5) is 27.0. The molecule has 5 nitrogen and oxygen atoms in total. The molecule has 5 rings (SSSR count). The lowest BCUT2D eigenvalue weighted by molar-refractivity contribution is -0.137. The fourth-order valence-corrected chi connectivity index (χ4v) is 5.25. The molecule has 0 heterocycles. The minimum Gasteiger partial charge on any atom is -0.507 e. The minimum atomic E-state index is -4.56. The van der Waals surface area contributed by atoms with Crippen LogP contribution in [0.15, 0.2) is 97.1 Å². The summed E-state index contributed by atoms with van der Waals surface area (Å²) in [5, 5.41) is 16.3. The van der Waals surface area contributed by atoms with Gasteiger partial charge in [0.15, 0.2) is 0 Å². The van der Waals surface area contributed by atoms with Crippen molar-refractivity contribution in [1.29, 1.82) is 0 Å². The molecular formula is C33H29F3N2O3. The largest absolute Gasteiger partial charge is 0.507 e. The highest BCUT2D eigenvalue weighted by Crippen LogP contribution is 2.35. The lowest BCUT2D eigenvalue weighted by atomic mass is 9.87. The molecule has 0 radical (unpaired) electrons. The number of halogens is 3. The average Bonchev–Trinajstić information content (AvgIpc) is 2.97. The smallest absolute Gasteiger partial charge is 0.416 e. The first-order valence-electron chi connectivity index (χ1n) is 13.4. The second kappa shape index (κ2) is 11.9. The molecule has 3 N–H and O–H groups in total. The van der Waals surface area contributed by atoms with E-state index in [1.807, 2.05) is 48.5 Å². The van der Waals surface area contributed by atoms with E-state index < -0.39 is 23.7 Å². The van der Waals surface area contributed by atoms with Gasteiger partial charge in [0, 0.05) is 17.5 Å². The number of hydrogen-bond donors (Lipinski definition) is 3. The third-order valence-corrected chi connectivity index (χ3v) is 7.35. The van der Waals surface area contributed by atoms with Crippen molar-refractivity contribution in [3.63, 3.8) is 0 Å². The molecule has 0 aromatic heterocycles. The van der Waals surface area contributed by atoms with Gasteiger partial charge in [-0.2, -0.15) is 13.2 Å². The Balaban J connectivity index is 1.40. The van der Waals surface area contributed by atoms with Crippen LogP contribution in [0, 0.1) is 0 Å². The molecule has 0 aliphatic heterocycles. The summed E-state index contributed by atoms with van der Waals surface area (Å²) in [6, 6.07) is 24.7. The number of rotatable bonds is 7. The summed E-state index contributed by atoms with van der Waals surface area (Å²) in [6.45, 7) is 0. The molecule has 210 valence electrons. The zero-order valence-electron chi connectivity index (χ0n) is 22.1. The average molecular weight is 559 g/mol. The van der Waals surface area contributed by atoms with Gasteiger partial charge in [0.05, 0.1) is 11.6 Å². The van der Waals surface area contributed by atoms with Crippen molar-refractivity contribution < 1.29 is 27.9 Å². The van der Waals surface area contributed by atoms with E-state index in [-0.39, 0.29) is 40.8 Å². The third kappa shape index (κ3) is 6.60. The molecule has 2 amide bonds. The lowest BCUT2D eigenvalue weighted by Gasteiger charge is -2.28. The van der Waals surface area contributed by atoms with Crippen LogP contribution in [0.2, 0.25) is 0 Å². The number of hydrogen-bond acceptors (Lipinski definition) is 3. The summed E-state index contributed by atoms with van der Waals surface area (Å²) in [5.74, 6) is -1.19. The van der Waals surface area contributed by atoms with E-state index in [2.05, 4.69) is 16.7 Å².